The second-order valence-electron chi connectivity index (χ2n) is 14.8. The van der Waals surface area contributed by atoms with E-state index in [4.69, 9.17) is 27.2 Å². The fourth-order valence-electron chi connectivity index (χ4n) is 6.43. The first-order valence-electron chi connectivity index (χ1n) is 21.4. The number of carbonyl (C=O) groups is 6. The van der Waals surface area contributed by atoms with Crippen LogP contribution >= 0.6 is 11.6 Å². The van der Waals surface area contributed by atoms with Crippen molar-refractivity contribution < 1.29 is 44.4 Å². The molecule has 63 heavy (non-hydrogen) atoms. The summed E-state index contributed by atoms with van der Waals surface area (Å²) in [6, 6.07) is 24.0. The lowest BCUT2D eigenvalue weighted by atomic mass is 10.1. The highest BCUT2D eigenvalue weighted by molar-refractivity contribution is 6.30. The molecule has 5 rings (SSSR count). The number of H-pyrrole nitrogens is 1. The van der Waals surface area contributed by atoms with E-state index in [1.807, 2.05) is 54.6 Å². The highest BCUT2D eigenvalue weighted by Gasteiger charge is 2.13. The Hall–Kier alpha value is -6.01. The van der Waals surface area contributed by atoms with Crippen molar-refractivity contribution in [2.75, 3.05) is 37.6 Å². The summed E-state index contributed by atoms with van der Waals surface area (Å²) in [6.07, 6.45) is 10.3. The van der Waals surface area contributed by atoms with Crippen molar-refractivity contribution in [3.8, 4) is 0 Å². The molecule has 342 valence electrons. The Bertz CT molecular complexity index is 1970. The van der Waals surface area contributed by atoms with Crippen LogP contribution in [0.4, 0.5) is 5.69 Å². The van der Waals surface area contributed by atoms with Gasteiger partial charge in [0.05, 0.1) is 0 Å². The van der Waals surface area contributed by atoms with E-state index in [0.717, 1.165) is 62.5 Å². The van der Waals surface area contributed by atoms with Crippen LogP contribution in [0, 0.1) is 0 Å². The molecule has 1 saturated heterocycles. The van der Waals surface area contributed by atoms with Crippen LogP contribution in [-0.2, 0) is 14.4 Å². The number of amides is 6. The van der Waals surface area contributed by atoms with E-state index in [9.17, 15) is 28.8 Å². The zero-order valence-electron chi connectivity index (χ0n) is 35.6. The zero-order valence-corrected chi connectivity index (χ0v) is 36.3. The number of nitrogens with zero attached hydrogens (tertiary/aromatic N) is 1. The molecule has 18 heteroatoms. The van der Waals surface area contributed by atoms with Crippen molar-refractivity contribution in [1.29, 1.82) is 0 Å². The van der Waals surface area contributed by atoms with Gasteiger partial charge in [-0.3, -0.25) is 44.4 Å². The molecular weight excluding hydrogens is 832 g/mol. The first-order chi connectivity index (χ1) is 30.5. The van der Waals surface area contributed by atoms with Gasteiger partial charge in [-0.1, -0.05) is 49.1 Å². The van der Waals surface area contributed by atoms with E-state index in [-0.39, 0.29) is 35.4 Å². The van der Waals surface area contributed by atoms with Gasteiger partial charge in [0.15, 0.2) is 0 Å². The SMILES string of the molecule is O=C(CCCCCNC(=O)c1cc2ccccc2[nH]1)NO.O=C(CCCCCNC(=O)c1ccc(Cl)cc1)NO.O=C(CCCCCNC(=O)c1ccc(N2CCCC2)cc1)NO. The monoisotopic (exact) mass is 892 g/mol. The molecular formula is C45H61ClN8O9. The number of hydrogen-bond acceptors (Lipinski definition) is 10. The molecule has 1 aromatic heterocycles. The first kappa shape index (κ1) is 51.3. The van der Waals surface area contributed by atoms with Gasteiger partial charge in [0.1, 0.15) is 5.69 Å². The molecule has 0 atom stereocenters. The Labute approximate surface area is 372 Å². The number of hydroxylamine groups is 3. The molecule has 2 heterocycles. The number of rotatable bonds is 22. The standard InChI is InChI=1S/C17H25N3O3.C15H19N3O3.C13H17ClN2O3/c21-16(19-23)6-2-1-3-11-18-17(22)14-7-9-15(10-8-14)20-12-4-5-13-20;19-14(18-21)8-2-1-5-9-16-15(20)13-10-11-6-3-4-7-12(11)17-13;14-11-7-5-10(6-8-11)13(18)15-9-3-1-2-4-12(17)16-19/h7-10,23H,1-6,11-13H2,(H,18,22)(H,19,21);3-4,6-7,10,17,21H,1-2,5,8-9H2,(H,16,20)(H,18,19);5-8,19H,1-4,9H2,(H,15,18)(H,16,17). The summed E-state index contributed by atoms with van der Waals surface area (Å²) in [4.78, 5) is 73.4. The maximum atomic E-state index is 12.0. The van der Waals surface area contributed by atoms with E-state index < -0.39 is 0 Å². The molecule has 0 saturated carbocycles. The molecule has 0 unspecified atom stereocenters. The van der Waals surface area contributed by atoms with Crippen molar-refractivity contribution in [2.24, 2.45) is 0 Å². The van der Waals surface area contributed by atoms with Crippen LogP contribution in [0.15, 0.2) is 78.9 Å². The molecule has 10 N–H and O–H groups in total. The molecule has 3 aromatic carbocycles. The molecule has 1 aliphatic heterocycles. The van der Waals surface area contributed by atoms with Gasteiger partial charge in [-0.2, -0.15) is 0 Å². The van der Waals surface area contributed by atoms with E-state index in [0.29, 0.717) is 80.0 Å². The normalized spacial score (nSPS) is 11.6. The predicted molar refractivity (Wildman–Crippen MR) is 240 cm³/mol. The zero-order chi connectivity index (χ0) is 45.7. The number of fused-ring (bicyclic) bond motifs is 1. The lowest BCUT2D eigenvalue weighted by Gasteiger charge is -2.17. The minimum Gasteiger partial charge on any atom is -0.372 e. The van der Waals surface area contributed by atoms with Gasteiger partial charge in [0.2, 0.25) is 17.7 Å². The van der Waals surface area contributed by atoms with Crippen molar-refractivity contribution in [1.82, 2.24) is 37.4 Å². The van der Waals surface area contributed by atoms with Gasteiger partial charge >= 0.3 is 0 Å². The van der Waals surface area contributed by atoms with Gasteiger partial charge in [0, 0.05) is 84.7 Å². The van der Waals surface area contributed by atoms with E-state index in [2.05, 4.69) is 25.8 Å². The maximum Gasteiger partial charge on any atom is 0.267 e. The topological polar surface area (TPSA) is 254 Å². The molecule has 1 aliphatic rings. The number of anilines is 1. The third-order valence-corrected chi connectivity index (χ3v) is 10.2. The van der Waals surface area contributed by atoms with Crippen LogP contribution < -0.4 is 37.3 Å². The summed E-state index contributed by atoms with van der Waals surface area (Å²) in [7, 11) is 0. The fourth-order valence-corrected chi connectivity index (χ4v) is 6.56. The van der Waals surface area contributed by atoms with E-state index in [1.54, 1.807) is 40.7 Å². The van der Waals surface area contributed by atoms with Crippen molar-refractivity contribution in [2.45, 2.75) is 89.9 Å². The highest BCUT2D eigenvalue weighted by atomic mass is 35.5. The number of carbonyl (C=O) groups excluding carboxylic acids is 6. The molecule has 0 spiro atoms. The van der Waals surface area contributed by atoms with Gasteiger partial charge < -0.3 is 25.8 Å². The number of aromatic nitrogens is 1. The summed E-state index contributed by atoms with van der Waals surface area (Å²) >= 11 is 5.73. The molecule has 0 radical (unpaired) electrons. The van der Waals surface area contributed by atoms with Crippen LogP contribution in [-0.4, -0.2) is 88.8 Å². The second-order valence-corrected chi connectivity index (χ2v) is 15.3. The summed E-state index contributed by atoms with van der Waals surface area (Å²) in [5, 5.41) is 35.1. The van der Waals surface area contributed by atoms with Crippen molar-refractivity contribution >= 4 is 63.6 Å². The van der Waals surface area contributed by atoms with Crippen LogP contribution in [0.1, 0.15) is 121 Å². The molecule has 1 fully saturated rings. The quantitative estimate of drug-likeness (QED) is 0.0244. The van der Waals surface area contributed by atoms with E-state index >= 15 is 0 Å². The minimum absolute atomic E-state index is 0.0638. The Morgan fingerprint density at radius 2 is 0.968 bits per heavy atom. The summed E-state index contributed by atoms with van der Waals surface area (Å²) in [5.74, 6) is -1.45. The third kappa shape index (κ3) is 20.6. The molecule has 4 aromatic rings. The second kappa shape index (κ2) is 30.1. The van der Waals surface area contributed by atoms with Crippen LogP contribution in [0.3, 0.4) is 0 Å². The molecule has 6 amide bonds. The van der Waals surface area contributed by atoms with Crippen molar-refractivity contribution in [3.05, 3.63) is 101 Å². The van der Waals surface area contributed by atoms with Gasteiger partial charge in [-0.25, -0.2) is 16.4 Å². The number of para-hydroxylation sites is 1. The number of unbranched alkanes of at least 4 members (excludes halogenated alkanes) is 6. The summed E-state index contributed by atoms with van der Waals surface area (Å²) in [6.45, 7) is 3.91. The van der Waals surface area contributed by atoms with Crippen LogP contribution in [0.25, 0.3) is 10.9 Å². The molecule has 17 nitrogen and oxygen atoms in total. The third-order valence-electron chi connectivity index (χ3n) is 9.95. The largest absolute Gasteiger partial charge is 0.372 e. The Morgan fingerprint density at radius 3 is 1.41 bits per heavy atom. The number of benzene rings is 3. The lowest BCUT2D eigenvalue weighted by Crippen LogP contribution is -2.24. The predicted octanol–water partition coefficient (Wildman–Crippen LogP) is 6.18. The summed E-state index contributed by atoms with van der Waals surface area (Å²) < 4.78 is 0. The maximum absolute atomic E-state index is 12.0. The van der Waals surface area contributed by atoms with Gasteiger partial charge in [0.25, 0.3) is 17.7 Å². The Kier molecular flexibility index (Phi) is 24.5. The molecule has 0 aliphatic carbocycles. The average molecular weight is 893 g/mol. The van der Waals surface area contributed by atoms with Crippen LogP contribution in [0.5, 0.6) is 0 Å². The Morgan fingerprint density at radius 1 is 0.540 bits per heavy atom. The summed E-state index contributed by atoms with van der Waals surface area (Å²) in [5.41, 5.74) is 8.71. The number of hydrogen-bond donors (Lipinski definition) is 10. The van der Waals surface area contributed by atoms with Crippen LogP contribution in [0.2, 0.25) is 5.02 Å². The average Bonchev–Trinajstić information content (AvgIpc) is 4.02. The fraction of sp³-hybridized carbons (Fsp3) is 0.422. The molecule has 0 bridgehead atoms. The lowest BCUT2D eigenvalue weighted by molar-refractivity contribution is -0.130. The highest BCUT2D eigenvalue weighted by Crippen LogP contribution is 2.20. The Balaban J connectivity index is 0.000000253. The van der Waals surface area contributed by atoms with Crippen molar-refractivity contribution in [3.63, 3.8) is 0 Å². The van der Waals surface area contributed by atoms with Gasteiger partial charge in [-0.15, -0.1) is 0 Å². The number of aromatic amines is 1. The smallest absolute Gasteiger partial charge is 0.267 e. The minimum atomic E-state index is -0.384. The first-order valence-corrected chi connectivity index (χ1v) is 21.7. The number of halogens is 1. The number of nitrogens with one attached hydrogen (secondary N) is 7. The van der Waals surface area contributed by atoms with Gasteiger partial charge in [-0.05, 0) is 112 Å². The van der Waals surface area contributed by atoms with E-state index in [1.165, 1.54) is 18.5 Å².